The van der Waals surface area contributed by atoms with E-state index in [-0.39, 0.29) is 15.3 Å². The minimum atomic E-state index is -4.43. The number of rotatable bonds is 9. The second-order valence-corrected chi connectivity index (χ2v) is 3.56. The predicted octanol–water partition coefficient (Wildman–Crippen LogP) is -0.798. The van der Waals surface area contributed by atoms with Gasteiger partial charge in [-0.3, -0.25) is 19.1 Å². The molecular formula is C13H20N6O4. The molecule has 2 heterocycles. The van der Waals surface area contributed by atoms with Gasteiger partial charge in [-0.25, -0.2) is 4.98 Å². The van der Waals surface area contributed by atoms with Crippen LogP contribution in [0.25, 0.3) is 11.2 Å². The maximum Gasteiger partial charge on any atom is 0.323 e. The Morgan fingerprint density at radius 2 is 2.61 bits per heavy atom. The summed E-state index contributed by atoms with van der Waals surface area (Å²) in [7, 11) is 0. The van der Waals surface area contributed by atoms with E-state index in [1.54, 1.807) is 0 Å². The van der Waals surface area contributed by atoms with Crippen LogP contribution >= 0.6 is 0 Å². The second-order valence-electron chi connectivity index (χ2n) is 3.56. The number of esters is 1. The standard InChI is InChI=1S/C13H20N6O4/c1-7(2)8(14)12(21)23-4-3-22-6-19-5-16-9-10(19)17-13(15)18-11(9)20/h5,7-8H,3-4,6,14H2,1-2H3,(H3,15,17,18,20)/t8-/m0/s1/i1D3,2D3,3D2,4D2,5D,6D2,7D,8D/hD5. The molecule has 23 heavy (non-hydrogen) atoms. The van der Waals surface area contributed by atoms with E-state index in [0.29, 0.717) is 0 Å². The Morgan fingerprint density at radius 1 is 1.74 bits per heavy atom. The fraction of sp³-hybridized carbons (Fsp3) is 0.538. The van der Waals surface area contributed by atoms with Crippen LogP contribution in [0.1, 0.15) is 34.3 Å². The van der Waals surface area contributed by atoms with Crippen molar-refractivity contribution in [1.29, 1.82) is 0 Å². The lowest BCUT2D eigenvalue weighted by Crippen LogP contribution is -2.37. The first-order valence-corrected chi connectivity index (χ1v) is 5.43. The van der Waals surface area contributed by atoms with E-state index in [0.717, 1.165) is 0 Å². The van der Waals surface area contributed by atoms with Gasteiger partial charge in [-0.2, -0.15) is 4.98 Å². The number of nitrogens with two attached hydrogens (primary N) is 2. The SMILES string of the molecule is [2H]c1nc2c(=O)n([2H])c(N([2H])[2H])nc2n1C([2H])([2H])OC([2H])([2H])C([2H])([2H])OC(=O)[C@@]([2H])(N([2H])[2H])C([2H])(C([2H])([2H])[2H])C([2H])([2H])[2H]. The zero-order valence-electron chi connectivity index (χ0n) is 30.8. The number of carbonyl (C=O) groups excluding carboxylic acids is 1. The van der Waals surface area contributed by atoms with Crippen LogP contribution in [0.5, 0.6) is 0 Å². The van der Waals surface area contributed by atoms with Crippen LogP contribution in [0.15, 0.2) is 11.1 Å². The Kier molecular flexibility index (Phi) is 1.42. The monoisotopic (exact) mass is 344 g/mol. The highest BCUT2D eigenvalue weighted by Crippen LogP contribution is 2.06. The number of nitrogen functional groups attached to an aromatic ring is 1. The van der Waals surface area contributed by atoms with E-state index in [4.69, 9.17) is 27.6 Å². The van der Waals surface area contributed by atoms with E-state index in [2.05, 4.69) is 19.4 Å². The van der Waals surface area contributed by atoms with Crippen molar-refractivity contribution in [3.8, 4) is 0 Å². The van der Waals surface area contributed by atoms with Gasteiger partial charge in [0.05, 0.1) is 22.5 Å². The first-order chi connectivity index (χ1) is 18.9. The molecule has 0 saturated heterocycles. The quantitative estimate of drug-likeness (QED) is 0.500. The molecule has 5 N–H and O–H groups in total. The molecule has 0 bridgehead atoms. The molecule has 0 amide bonds. The first-order valence-electron chi connectivity index (χ1n) is 15.2. The summed E-state index contributed by atoms with van der Waals surface area (Å²) in [6, 6.07) is -4.43. The van der Waals surface area contributed by atoms with Crippen LogP contribution in [0.4, 0.5) is 5.95 Å². The lowest BCUT2D eigenvalue weighted by atomic mass is 10.1. The van der Waals surface area contributed by atoms with Gasteiger partial charge in [0.15, 0.2) is 15.4 Å². The van der Waals surface area contributed by atoms with Gasteiger partial charge >= 0.3 is 5.97 Å². The summed E-state index contributed by atoms with van der Waals surface area (Å²) < 4.78 is 161. The van der Waals surface area contributed by atoms with Gasteiger partial charge in [-0.15, -0.1) is 0 Å². The molecular weight excluding hydrogens is 304 g/mol. The maximum atomic E-state index is 12.9. The number of ether oxygens (including phenoxy) is 2. The third kappa shape index (κ3) is 4.05. The lowest BCUT2D eigenvalue weighted by molar-refractivity contribution is -0.148. The van der Waals surface area contributed by atoms with Crippen LogP contribution in [0.3, 0.4) is 0 Å². The minimum Gasteiger partial charge on any atom is -0.462 e. The van der Waals surface area contributed by atoms with Crippen molar-refractivity contribution in [2.45, 2.75) is 26.4 Å². The molecule has 0 unspecified atom stereocenters. The molecule has 0 spiro atoms. The largest absolute Gasteiger partial charge is 0.462 e. The average molecular weight is 344 g/mol. The van der Waals surface area contributed by atoms with Gasteiger partial charge in [0.2, 0.25) is 5.95 Å². The van der Waals surface area contributed by atoms with Gasteiger partial charge < -0.3 is 20.9 Å². The fourth-order valence-electron chi connectivity index (χ4n) is 1.18. The van der Waals surface area contributed by atoms with Gasteiger partial charge in [0.25, 0.3) is 5.56 Å². The van der Waals surface area contributed by atoms with Crippen molar-refractivity contribution in [2.75, 3.05) is 18.8 Å². The van der Waals surface area contributed by atoms with Crippen LogP contribution in [0, 0.1) is 5.89 Å². The summed E-state index contributed by atoms with van der Waals surface area (Å²) in [6.45, 7) is -20.7. The number of nitrogens with one attached hydrogen (secondary N) is 1. The van der Waals surface area contributed by atoms with E-state index in [9.17, 15) is 9.59 Å². The topological polar surface area (TPSA) is 151 Å². The fourth-order valence-corrected chi connectivity index (χ4v) is 1.18. The molecule has 0 aromatic carbocycles. The predicted molar refractivity (Wildman–Crippen MR) is 82.3 cm³/mol. The normalized spacial score (nSPS) is 30.1. The molecule has 0 saturated carbocycles. The summed E-state index contributed by atoms with van der Waals surface area (Å²) in [5.74, 6) is -8.23. The average Bonchev–Trinajstić information content (AvgIpc) is 3.14. The summed E-state index contributed by atoms with van der Waals surface area (Å²) in [6.07, 6.45) is -1.25. The number of carbonyl (C=O) groups is 1. The molecule has 2 aromatic heterocycles. The highest BCUT2D eigenvalue weighted by Gasteiger charge is 2.18. The Morgan fingerprint density at radius 3 is 3.35 bits per heavy atom. The van der Waals surface area contributed by atoms with Crippen LogP contribution in [-0.2, 0) is 21.0 Å². The lowest BCUT2D eigenvalue weighted by Gasteiger charge is -2.14. The van der Waals surface area contributed by atoms with Gasteiger partial charge in [0, 0.05) is 9.60 Å². The van der Waals surface area contributed by atoms with Crippen molar-refractivity contribution in [3.05, 3.63) is 16.7 Å². The number of aromatic amines is 1. The van der Waals surface area contributed by atoms with Crippen molar-refractivity contribution in [2.24, 2.45) is 11.6 Å². The Hall–Kier alpha value is -2.46. The molecule has 2 rings (SSSR count). The zero-order valence-corrected chi connectivity index (χ0v) is 10.8. The maximum absolute atomic E-state index is 12.9. The van der Waals surface area contributed by atoms with Crippen LogP contribution < -0.4 is 17.0 Å². The van der Waals surface area contributed by atoms with Crippen molar-refractivity contribution >= 4 is 23.1 Å². The second kappa shape index (κ2) is 7.20. The first kappa shape index (κ1) is 4.54. The van der Waals surface area contributed by atoms with Gasteiger partial charge in [0.1, 0.15) is 23.5 Å². The number of aromatic nitrogens is 4. The van der Waals surface area contributed by atoms with Crippen molar-refractivity contribution in [1.82, 2.24) is 19.5 Å². The Bertz CT molecular complexity index is 1430. The summed E-state index contributed by atoms with van der Waals surface area (Å²) in [5, 5.41) is 0. The van der Waals surface area contributed by atoms with Crippen LogP contribution in [-0.4, -0.2) is 44.6 Å². The number of hydrogen-bond acceptors (Lipinski definition) is 8. The number of imidazole rings is 1. The summed E-state index contributed by atoms with van der Waals surface area (Å²) >= 11 is 0. The van der Waals surface area contributed by atoms with E-state index in [1.807, 2.05) is 0 Å². The Balaban J connectivity index is 2.63. The van der Waals surface area contributed by atoms with Gasteiger partial charge in [-0.05, 0) is 5.89 Å². The molecule has 0 aliphatic heterocycles. The molecule has 0 fully saturated rings. The number of anilines is 1. The molecule has 126 valence electrons. The molecule has 0 radical (unpaired) electrons. The minimum absolute atomic E-state index is 0.0886. The van der Waals surface area contributed by atoms with E-state index < -0.39 is 86.1 Å². The molecule has 10 nitrogen and oxygen atoms in total. The number of nitrogens with zero attached hydrogens (tertiary/aromatic N) is 3. The van der Waals surface area contributed by atoms with Crippen LogP contribution in [0.2, 0.25) is 7.06 Å². The molecule has 1 atom stereocenters. The third-order valence-electron chi connectivity index (χ3n) is 2.10. The summed E-state index contributed by atoms with van der Waals surface area (Å²) in [4.78, 5) is 32.0. The number of fused-ring (bicyclic) bond motifs is 1. The third-order valence-corrected chi connectivity index (χ3v) is 2.10. The van der Waals surface area contributed by atoms with E-state index in [1.165, 1.54) is 0 Å². The highest BCUT2D eigenvalue weighted by molar-refractivity contribution is 5.75. The number of H-pyrrole nitrogens is 1. The van der Waals surface area contributed by atoms with Crippen molar-refractivity contribution < 1.29 is 41.9 Å². The number of hydrogen-bond donors (Lipinski definition) is 3. The molecule has 10 heteroatoms. The van der Waals surface area contributed by atoms with Gasteiger partial charge in [-0.1, -0.05) is 13.7 Å². The van der Waals surface area contributed by atoms with E-state index >= 15 is 0 Å². The molecule has 2 aromatic rings. The summed E-state index contributed by atoms with van der Waals surface area (Å²) in [5.41, 5.74) is -4.89. The molecule has 0 aliphatic carbocycles. The zero-order chi connectivity index (χ0) is 34.1. The Labute approximate surface area is 160 Å². The van der Waals surface area contributed by atoms with Crippen molar-refractivity contribution in [3.63, 3.8) is 0 Å². The smallest absolute Gasteiger partial charge is 0.323 e. The molecule has 0 aliphatic rings. The highest BCUT2D eigenvalue weighted by atomic mass is 16.6.